The largest absolute Gasteiger partial charge is 0.465 e. The van der Waals surface area contributed by atoms with E-state index in [1.54, 1.807) is 4.90 Å². The summed E-state index contributed by atoms with van der Waals surface area (Å²) in [5, 5.41) is 12.3. The molecule has 14 nitrogen and oxygen atoms in total. The van der Waals surface area contributed by atoms with Crippen LogP contribution in [0, 0.1) is 11.8 Å². The molecule has 0 saturated carbocycles. The number of rotatable bonds is 10. The molecule has 2 aliphatic heterocycles. The maximum absolute atomic E-state index is 13.7. The summed E-state index contributed by atoms with van der Waals surface area (Å²) in [5.41, 5.74) is 8.55. The number of amides is 4. The van der Waals surface area contributed by atoms with Crippen LogP contribution < -0.4 is 5.32 Å². The van der Waals surface area contributed by atoms with Gasteiger partial charge in [0.25, 0.3) is 0 Å². The standard InChI is InChI=1S/C41H50N8O6/c1-22(2)34(46-40(52)55-6)38(50)48-15-7-9-32(48)36-42-20-30(44-36)24-11-13-28-26(17-24)19-27-18-25(12-14-29(27)28)31-21-43-37(45-31)33-10-8-16-49(33)39(51)35(23(3)4)47(5)41(53)54/h11-14,17-18,20-23,32-35H,7-10,15-16,19H2,1-6H3,(H,42,44)(H,43,45)(H,46,52)(H,53,54)/t32-,33-,34-,35-/m0/s1. The van der Waals surface area contributed by atoms with Gasteiger partial charge in [-0.1, -0.05) is 52.0 Å². The van der Waals surface area contributed by atoms with Gasteiger partial charge in [0.2, 0.25) is 11.8 Å². The van der Waals surface area contributed by atoms with Crippen LogP contribution in [0.5, 0.6) is 0 Å². The second kappa shape index (κ2) is 15.2. The number of methoxy groups -OCH3 is 1. The van der Waals surface area contributed by atoms with Crippen molar-refractivity contribution in [1.29, 1.82) is 0 Å². The number of carbonyl (C=O) groups excluding carboxylic acids is 3. The van der Waals surface area contributed by atoms with Crippen molar-refractivity contribution in [3.63, 3.8) is 0 Å². The zero-order valence-corrected chi connectivity index (χ0v) is 32.3. The van der Waals surface area contributed by atoms with E-state index in [9.17, 15) is 24.3 Å². The molecule has 4 aromatic rings. The molecule has 4 amide bonds. The van der Waals surface area contributed by atoms with Gasteiger partial charge in [-0.2, -0.15) is 0 Å². The molecule has 14 heteroatoms. The van der Waals surface area contributed by atoms with Crippen molar-refractivity contribution in [1.82, 2.24) is 40.0 Å². The van der Waals surface area contributed by atoms with Crippen LogP contribution in [-0.4, -0.2) is 103 Å². The van der Waals surface area contributed by atoms with Gasteiger partial charge in [-0.25, -0.2) is 19.6 Å². The summed E-state index contributed by atoms with van der Waals surface area (Å²) in [6, 6.07) is 11.0. The molecule has 7 rings (SSSR count). The second-order valence-electron chi connectivity index (χ2n) is 15.6. The lowest BCUT2D eigenvalue weighted by Gasteiger charge is -2.33. The quantitative estimate of drug-likeness (QED) is 0.127. The molecule has 2 fully saturated rings. The Balaban J connectivity index is 1.05. The number of H-pyrrole nitrogens is 2. The highest BCUT2D eigenvalue weighted by molar-refractivity contribution is 5.87. The average molecular weight is 751 g/mol. The third kappa shape index (κ3) is 7.17. The number of likely N-dealkylation sites (tertiary alicyclic amines) is 2. The minimum atomic E-state index is -1.12. The maximum Gasteiger partial charge on any atom is 0.407 e. The topological polar surface area (TPSA) is 177 Å². The van der Waals surface area contributed by atoms with Crippen molar-refractivity contribution in [2.45, 2.75) is 84.0 Å². The molecular weight excluding hydrogens is 701 g/mol. The number of carboxylic acid groups (broad SMARTS) is 1. The monoisotopic (exact) mass is 750 g/mol. The van der Waals surface area contributed by atoms with Crippen molar-refractivity contribution >= 4 is 24.0 Å². The second-order valence-corrected chi connectivity index (χ2v) is 15.6. The summed E-state index contributed by atoms with van der Waals surface area (Å²) < 4.78 is 4.77. The summed E-state index contributed by atoms with van der Waals surface area (Å²) in [5.74, 6) is 0.817. The maximum atomic E-state index is 13.7. The molecule has 0 bridgehead atoms. The highest BCUT2D eigenvalue weighted by Gasteiger charge is 2.40. The molecule has 2 aromatic carbocycles. The molecule has 2 saturated heterocycles. The first-order valence-corrected chi connectivity index (χ1v) is 19.1. The number of likely N-dealkylation sites (N-methyl/N-ethyl adjacent to an activating group) is 1. The summed E-state index contributed by atoms with van der Waals surface area (Å²) >= 11 is 0. The van der Waals surface area contributed by atoms with Crippen molar-refractivity contribution in [3.05, 3.63) is 71.6 Å². The van der Waals surface area contributed by atoms with Crippen LogP contribution >= 0.6 is 0 Å². The number of alkyl carbamates (subject to hydrolysis) is 1. The zero-order chi connectivity index (χ0) is 39.1. The lowest BCUT2D eigenvalue weighted by atomic mass is 10.0. The van der Waals surface area contributed by atoms with Crippen molar-refractivity contribution in [2.75, 3.05) is 27.2 Å². The van der Waals surface area contributed by atoms with Crippen molar-refractivity contribution in [3.8, 4) is 33.6 Å². The Bertz CT molecular complexity index is 2100. The lowest BCUT2D eigenvalue weighted by Crippen LogP contribution is -2.51. The number of benzene rings is 2. The summed E-state index contributed by atoms with van der Waals surface area (Å²) in [7, 11) is 2.74. The number of aromatic amines is 2. The first kappa shape index (κ1) is 37.6. The highest BCUT2D eigenvalue weighted by Crippen LogP contribution is 2.41. The van der Waals surface area contributed by atoms with Gasteiger partial charge in [-0.3, -0.25) is 14.5 Å². The number of aromatic nitrogens is 4. The number of fused-ring (bicyclic) bond motifs is 3. The van der Waals surface area contributed by atoms with Crippen LogP contribution in [0.25, 0.3) is 33.6 Å². The molecule has 0 unspecified atom stereocenters. The highest BCUT2D eigenvalue weighted by atomic mass is 16.5. The molecular formula is C41H50N8O6. The first-order chi connectivity index (χ1) is 26.4. The van der Waals surface area contributed by atoms with Gasteiger partial charge < -0.3 is 34.9 Å². The minimum Gasteiger partial charge on any atom is -0.465 e. The van der Waals surface area contributed by atoms with Gasteiger partial charge in [-0.05, 0) is 89.5 Å². The lowest BCUT2D eigenvalue weighted by molar-refractivity contribution is -0.138. The number of nitrogens with zero attached hydrogens (tertiary/aromatic N) is 5. The van der Waals surface area contributed by atoms with E-state index < -0.39 is 24.3 Å². The molecule has 4 heterocycles. The Morgan fingerprint density at radius 3 is 1.78 bits per heavy atom. The van der Waals surface area contributed by atoms with Gasteiger partial charge in [0.15, 0.2) is 0 Å². The number of hydrogen-bond donors (Lipinski definition) is 4. The Morgan fingerprint density at radius 2 is 1.33 bits per heavy atom. The van der Waals surface area contributed by atoms with Gasteiger partial charge >= 0.3 is 12.2 Å². The van der Waals surface area contributed by atoms with Gasteiger partial charge in [0, 0.05) is 20.1 Å². The fraction of sp³-hybridized carbons (Fsp3) is 0.463. The van der Waals surface area contributed by atoms with E-state index >= 15 is 0 Å². The van der Waals surface area contributed by atoms with Crippen LogP contribution in [0.1, 0.15) is 88.2 Å². The fourth-order valence-corrected chi connectivity index (χ4v) is 8.55. The van der Waals surface area contributed by atoms with Gasteiger partial charge in [0.05, 0.1) is 43.0 Å². The third-order valence-electron chi connectivity index (χ3n) is 11.4. The molecule has 290 valence electrons. The third-order valence-corrected chi connectivity index (χ3v) is 11.4. The number of ether oxygens (including phenoxy) is 1. The summed E-state index contributed by atoms with van der Waals surface area (Å²) in [6.45, 7) is 8.69. The zero-order valence-electron chi connectivity index (χ0n) is 32.3. The number of hydrogen-bond acceptors (Lipinski definition) is 7. The SMILES string of the molecule is COC(=O)N[C@H](C(=O)N1CCC[C@H]1c1ncc(-c2ccc3c(c2)Cc2cc(-c4cnc([C@@H]5CCCN5C(=O)[C@H](C(C)C)N(C)C(=O)O)[nH]4)ccc2-3)[nH]1)C(C)C. The van der Waals surface area contributed by atoms with E-state index in [1.165, 1.54) is 36.4 Å². The van der Waals surface area contributed by atoms with Crippen LogP contribution in [0.2, 0.25) is 0 Å². The predicted octanol–water partition coefficient (Wildman–Crippen LogP) is 6.38. The smallest absolute Gasteiger partial charge is 0.407 e. The number of nitrogens with one attached hydrogen (secondary N) is 3. The first-order valence-electron chi connectivity index (χ1n) is 19.1. The average Bonchev–Trinajstić information content (AvgIpc) is 4.01. The summed E-state index contributed by atoms with van der Waals surface area (Å²) in [4.78, 5) is 72.1. The van der Waals surface area contributed by atoms with E-state index in [4.69, 9.17) is 14.7 Å². The molecule has 0 radical (unpaired) electrons. The molecule has 3 aliphatic rings. The fourth-order valence-electron chi connectivity index (χ4n) is 8.55. The van der Waals surface area contributed by atoms with Crippen LogP contribution in [0.15, 0.2) is 48.8 Å². The number of imidazole rings is 2. The van der Waals surface area contributed by atoms with E-state index in [1.807, 2.05) is 45.0 Å². The van der Waals surface area contributed by atoms with E-state index in [0.29, 0.717) is 18.9 Å². The van der Waals surface area contributed by atoms with Crippen LogP contribution in [0.3, 0.4) is 0 Å². The Kier molecular flexibility index (Phi) is 10.4. The predicted molar refractivity (Wildman–Crippen MR) is 206 cm³/mol. The van der Waals surface area contributed by atoms with Gasteiger partial charge in [0.1, 0.15) is 23.7 Å². The molecule has 2 aromatic heterocycles. The van der Waals surface area contributed by atoms with Crippen molar-refractivity contribution < 1.29 is 29.0 Å². The van der Waals surface area contributed by atoms with E-state index in [-0.39, 0.29) is 35.7 Å². The molecule has 55 heavy (non-hydrogen) atoms. The molecule has 4 atom stereocenters. The normalized spacial score (nSPS) is 18.7. The van der Waals surface area contributed by atoms with E-state index in [0.717, 1.165) is 65.3 Å². The summed E-state index contributed by atoms with van der Waals surface area (Å²) in [6.07, 6.45) is 5.86. The molecule has 4 N–H and O–H groups in total. The Hall–Kier alpha value is -5.66. The molecule has 1 aliphatic carbocycles. The van der Waals surface area contributed by atoms with E-state index in [2.05, 4.69) is 51.7 Å². The number of carbonyl (C=O) groups is 4. The Morgan fingerprint density at radius 1 is 0.818 bits per heavy atom. The van der Waals surface area contributed by atoms with Crippen LogP contribution in [0.4, 0.5) is 9.59 Å². The van der Waals surface area contributed by atoms with Crippen LogP contribution in [-0.2, 0) is 20.7 Å². The molecule has 0 spiro atoms. The minimum absolute atomic E-state index is 0.109. The van der Waals surface area contributed by atoms with Crippen molar-refractivity contribution in [2.24, 2.45) is 11.8 Å². The Labute approximate surface area is 320 Å². The van der Waals surface area contributed by atoms with Gasteiger partial charge in [-0.15, -0.1) is 0 Å².